The summed E-state index contributed by atoms with van der Waals surface area (Å²) in [5.41, 5.74) is 1.77. The van der Waals surface area contributed by atoms with E-state index >= 15 is 0 Å². The number of benzene rings is 1. The number of nitrogens with one attached hydrogen (secondary N) is 1. The van der Waals surface area contributed by atoms with Crippen molar-refractivity contribution in [1.29, 1.82) is 0 Å². The summed E-state index contributed by atoms with van der Waals surface area (Å²) in [5.74, 6) is 0.677. The SMILES string of the molecule is OC(CCl)c1nc2ccccc2[nH]1. The molecule has 1 unspecified atom stereocenters. The van der Waals surface area contributed by atoms with Crippen molar-refractivity contribution in [2.45, 2.75) is 6.10 Å². The van der Waals surface area contributed by atoms with Gasteiger partial charge in [0.25, 0.3) is 0 Å². The van der Waals surface area contributed by atoms with Gasteiger partial charge in [-0.2, -0.15) is 0 Å². The highest BCUT2D eigenvalue weighted by atomic mass is 35.5. The van der Waals surface area contributed by atoms with Gasteiger partial charge in [0.15, 0.2) is 0 Å². The number of H-pyrrole nitrogens is 1. The van der Waals surface area contributed by atoms with Gasteiger partial charge in [0.1, 0.15) is 11.9 Å². The number of aromatic nitrogens is 2. The maximum absolute atomic E-state index is 9.40. The van der Waals surface area contributed by atoms with Crippen LogP contribution in [0.1, 0.15) is 11.9 Å². The van der Waals surface area contributed by atoms with Crippen molar-refractivity contribution in [2.24, 2.45) is 0 Å². The average Bonchev–Trinajstić information content (AvgIpc) is 2.59. The molecule has 68 valence electrons. The zero-order valence-electron chi connectivity index (χ0n) is 6.87. The topological polar surface area (TPSA) is 48.9 Å². The number of hydrogen-bond donors (Lipinski definition) is 2. The van der Waals surface area contributed by atoms with E-state index in [0.29, 0.717) is 5.82 Å². The third-order valence-electron chi connectivity index (χ3n) is 1.87. The second kappa shape index (κ2) is 3.36. The Kier molecular flexibility index (Phi) is 2.20. The van der Waals surface area contributed by atoms with Gasteiger partial charge in [0.2, 0.25) is 0 Å². The van der Waals surface area contributed by atoms with E-state index in [2.05, 4.69) is 9.97 Å². The third kappa shape index (κ3) is 1.53. The molecule has 0 fully saturated rings. The highest BCUT2D eigenvalue weighted by Gasteiger charge is 2.10. The summed E-state index contributed by atoms with van der Waals surface area (Å²) in [4.78, 5) is 7.19. The summed E-state index contributed by atoms with van der Waals surface area (Å²) in [6.07, 6.45) is -0.714. The summed E-state index contributed by atoms with van der Waals surface area (Å²) in [6.45, 7) is 0. The summed E-state index contributed by atoms with van der Waals surface area (Å²) in [7, 11) is 0. The summed E-state index contributed by atoms with van der Waals surface area (Å²) < 4.78 is 0. The van der Waals surface area contributed by atoms with Crippen molar-refractivity contribution in [3.63, 3.8) is 0 Å². The van der Waals surface area contributed by atoms with Crippen molar-refractivity contribution in [1.82, 2.24) is 9.97 Å². The zero-order chi connectivity index (χ0) is 9.26. The van der Waals surface area contributed by atoms with Crippen LogP contribution >= 0.6 is 11.6 Å². The highest BCUT2D eigenvalue weighted by molar-refractivity contribution is 6.18. The molecule has 0 aliphatic heterocycles. The van der Waals surface area contributed by atoms with E-state index in [0.717, 1.165) is 11.0 Å². The zero-order valence-corrected chi connectivity index (χ0v) is 7.62. The molecule has 0 spiro atoms. The van der Waals surface area contributed by atoms with Gasteiger partial charge in [0, 0.05) is 0 Å². The number of halogens is 1. The fourth-order valence-corrected chi connectivity index (χ4v) is 1.35. The second-order valence-corrected chi connectivity index (χ2v) is 3.12. The van der Waals surface area contributed by atoms with Crippen LogP contribution < -0.4 is 0 Å². The fraction of sp³-hybridized carbons (Fsp3) is 0.222. The van der Waals surface area contributed by atoms with Crippen LogP contribution in [0.4, 0.5) is 0 Å². The number of rotatable bonds is 2. The number of aliphatic hydroxyl groups is 1. The third-order valence-corrected chi connectivity index (χ3v) is 2.16. The molecule has 2 aromatic rings. The molecule has 0 aliphatic carbocycles. The van der Waals surface area contributed by atoms with E-state index in [1.54, 1.807) is 0 Å². The normalized spacial score (nSPS) is 13.4. The number of para-hydroxylation sites is 2. The van der Waals surface area contributed by atoms with Crippen LogP contribution in [0.5, 0.6) is 0 Å². The molecular weight excluding hydrogens is 188 g/mol. The molecule has 1 heterocycles. The maximum Gasteiger partial charge on any atom is 0.137 e. The Labute approximate surface area is 80.4 Å². The van der Waals surface area contributed by atoms with E-state index in [1.165, 1.54) is 0 Å². The van der Waals surface area contributed by atoms with E-state index in [9.17, 15) is 5.11 Å². The summed E-state index contributed by atoms with van der Waals surface area (Å²) >= 11 is 5.50. The lowest BCUT2D eigenvalue weighted by Crippen LogP contribution is -2.00. The quantitative estimate of drug-likeness (QED) is 0.720. The first-order chi connectivity index (χ1) is 6.31. The van der Waals surface area contributed by atoms with Gasteiger partial charge in [0.05, 0.1) is 16.9 Å². The summed E-state index contributed by atoms with van der Waals surface area (Å²) in [5, 5.41) is 9.40. The number of nitrogens with zero attached hydrogens (tertiary/aromatic N) is 1. The Morgan fingerprint density at radius 3 is 2.92 bits per heavy atom. The van der Waals surface area contributed by atoms with Crippen molar-refractivity contribution in [3.05, 3.63) is 30.1 Å². The smallest absolute Gasteiger partial charge is 0.137 e. The van der Waals surface area contributed by atoms with Gasteiger partial charge in [-0.3, -0.25) is 0 Å². The first kappa shape index (κ1) is 8.53. The van der Waals surface area contributed by atoms with Crippen LogP contribution in [0.3, 0.4) is 0 Å². The van der Waals surface area contributed by atoms with Crippen molar-refractivity contribution >= 4 is 22.6 Å². The van der Waals surface area contributed by atoms with Crippen molar-refractivity contribution < 1.29 is 5.11 Å². The highest BCUT2D eigenvalue weighted by Crippen LogP contribution is 2.16. The van der Waals surface area contributed by atoms with Gasteiger partial charge in [-0.15, -0.1) is 11.6 Å². The van der Waals surface area contributed by atoms with E-state index in [1.807, 2.05) is 24.3 Å². The Bertz CT molecular complexity index is 380. The van der Waals surface area contributed by atoms with Gasteiger partial charge >= 0.3 is 0 Å². The second-order valence-electron chi connectivity index (χ2n) is 2.81. The molecule has 0 bridgehead atoms. The van der Waals surface area contributed by atoms with E-state index < -0.39 is 6.10 Å². The Morgan fingerprint density at radius 1 is 1.46 bits per heavy atom. The van der Waals surface area contributed by atoms with Crippen LogP contribution in [0.15, 0.2) is 24.3 Å². The predicted molar refractivity (Wildman–Crippen MR) is 51.8 cm³/mol. The molecule has 4 heteroatoms. The van der Waals surface area contributed by atoms with E-state index in [-0.39, 0.29) is 5.88 Å². The number of aromatic amines is 1. The van der Waals surface area contributed by atoms with Gasteiger partial charge in [-0.05, 0) is 12.1 Å². The molecule has 2 rings (SSSR count). The molecule has 0 amide bonds. The molecule has 1 aromatic heterocycles. The molecule has 3 nitrogen and oxygen atoms in total. The van der Waals surface area contributed by atoms with Gasteiger partial charge < -0.3 is 10.1 Å². The number of alkyl halides is 1. The molecule has 0 aliphatic rings. The van der Waals surface area contributed by atoms with Gasteiger partial charge in [-0.25, -0.2) is 4.98 Å². The lowest BCUT2D eigenvalue weighted by Gasteiger charge is -1.99. The lowest BCUT2D eigenvalue weighted by molar-refractivity contribution is 0.194. The van der Waals surface area contributed by atoms with Crippen LogP contribution in [-0.4, -0.2) is 21.0 Å². The first-order valence-corrected chi connectivity index (χ1v) is 4.53. The Balaban J connectivity index is 2.49. The predicted octanol–water partition coefficient (Wildman–Crippen LogP) is 1.84. The Morgan fingerprint density at radius 2 is 2.23 bits per heavy atom. The van der Waals surface area contributed by atoms with Crippen LogP contribution in [-0.2, 0) is 0 Å². The van der Waals surface area contributed by atoms with Crippen molar-refractivity contribution in [3.8, 4) is 0 Å². The molecule has 0 saturated carbocycles. The largest absolute Gasteiger partial charge is 0.384 e. The van der Waals surface area contributed by atoms with E-state index in [4.69, 9.17) is 11.6 Å². The molecular formula is C9H9ClN2O. The molecule has 2 N–H and O–H groups in total. The number of fused-ring (bicyclic) bond motifs is 1. The maximum atomic E-state index is 9.40. The van der Waals surface area contributed by atoms with Crippen LogP contribution in [0.25, 0.3) is 11.0 Å². The fourth-order valence-electron chi connectivity index (χ4n) is 1.20. The molecule has 1 aromatic carbocycles. The van der Waals surface area contributed by atoms with Crippen LogP contribution in [0, 0.1) is 0 Å². The average molecular weight is 197 g/mol. The Hall–Kier alpha value is -1.06. The number of aliphatic hydroxyl groups excluding tert-OH is 1. The number of imidazole rings is 1. The minimum absolute atomic E-state index is 0.153. The lowest BCUT2D eigenvalue weighted by atomic mass is 10.3. The van der Waals surface area contributed by atoms with Gasteiger partial charge in [-0.1, -0.05) is 12.1 Å². The minimum atomic E-state index is -0.714. The molecule has 0 radical (unpaired) electrons. The molecule has 1 atom stereocenters. The molecule has 0 saturated heterocycles. The molecule has 13 heavy (non-hydrogen) atoms. The van der Waals surface area contributed by atoms with Crippen LogP contribution in [0.2, 0.25) is 0 Å². The minimum Gasteiger partial charge on any atom is -0.384 e. The van der Waals surface area contributed by atoms with Crippen molar-refractivity contribution in [2.75, 3.05) is 5.88 Å². The monoisotopic (exact) mass is 196 g/mol. The summed E-state index contributed by atoms with van der Waals surface area (Å²) in [6, 6.07) is 7.61. The number of hydrogen-bond acceptors (Lipinski definition) is 2. The standard InChI is InChI=1S/C9H9ClN2O/c10-5-8(13)9-11-6-3-1-2-4-7(6)12-9/h1-4,8,13H,5H2,(H,11,12). The first-order valence-electron chi connectivity index (χ1n) is 4.00.